The number of hydrogen-bond donors (Lipinski definition) is 4. The fourth-order valence-corrected chi connectivity index (χ4v) is 8.69. The van der Waals surface area contributed by atoms with Crippen LogP contribution in [0.15, 0.2) is 84.9 Å². The summed E-state index contributed by atoms with van der Waals surface area (Å²) in [5.41, 5.74) is 16.8. The van der Waals surface area contributed by atoms with Crippen molar-refractivity contribution in [2.75, 3.05) is 6.26 Å². The van der Waals surface area contributed by atoms with Crippen LogP contribution in [0.1, 0.15) is 61.1 Å². The average Bonchev–Trinajstić information content (AvgIpc) is 3.68. The molecule has 0 heterocycles. The Bertz CT molecular complexity index is 2240. The lowest BCUT2D eigenvalue weighted by Gasteiger charge is -2.14. The van der Waals surface area contributed by atoms with Gasteiger partial charge in [-0.15, -0.1) is 0 Å². The van der Waals surface area contributed by atoms with Crippen molar-refractivity contribution in [2.45, 2.75) is 89.1 Å². The summed E-state index contributed by atoms with van der Waals surface area (Å²) in [4.78, 5) is 0. The normalized spacial score (nSPS) is 17.2. The summed E-state index contributed by atoms with van der Waals surface area (Å²) >= 11 is 0. The largest absolute Gasteiger partial charge is 0.326 e. The molecule has 2 aliphatic rings. The lowest BCUT2D eigenvalue weighted by atomic mass is 9.99. The summed E-state index contributed by atoms with van der Waals surface area (Å²) in [7, 11) is -9.77. The van der Waals surface area contributed by atoms with Gasteiger partial charge in [0.05, 0.1) is 16.8 Å². The fraction of sp³-hybridized carbons (Fsp3) is 0.385. The van der Waals surface area contributed by atoms with E-state index in [2.05, 4.69) is 56.6 Å². The van der Waals surface area contributed by atoms with Crippen molar-refractivity contribution in [3.05, 3.63) is 118 Å². The number of nitrogens with one attached hydrogen (secondary N) is 3. The summed E-state index contributed by atoms with van der Waals surface area (Å²) in [6.07, 6.45) is 4.00. The van der Waals surface area contributed by atoms with E-state index in [0.29, 0.717) is 19.4 Å². The average molecular weight is 767 g/mol. The Hall–Kier alpha value is -3.43. The first-order valence-corrected chi connectivity index (χ1v) is 22.5. The van der Waals surface area contributed by atoms with Crippen molar-refractivity contribution in [1.29, 1.82) is 0 Å². The first-order chi connectivity index (χ1) is 24.4. The molecule has 2 unspecified atom stereocenters. The minimum absolute atomic E-state index is 0.0435. The van der Waals surface area contributed by atoms with Gasteiger partial charge in [0.15, 0.2) is 0 Å². The third-order valence-electron chi connectivity index (χ3n) is 9.48. The lowest BCUT2D eigenvalue weighted by Crippen LogP contribution is -2.39. The summed E-state index contributed by atoms with van der Waals surface area (Å²) < 4.78 is 79.2. The van der Waals surface area contributed by atoms with Crippen molar-refractivity contribution in [3.63, 3.8) is 0 Å². The molecule has 280 valence electrons. The van der Waals surface area contributed by atoms with Crippen LogP contribution in [0, 0.1) is 0 Å². The summed E-state index contributed by atoms with van der Waals surface area (Å²) in [6, 6.07) is 28.4. The van der Waals surface area contributed by atoms with Crippen LogP contribution < -0.4 is 19.9 Å². The minimum atomic E-state index is -3.29. The molecule has 4 aromatic carbocycles. The molecule has 52 heavy (non-hydrogen) atoms. The Labute approximate surface area is 309 Å². The van der Waals surface area contributed by atoms with E-state index in [1.54, 1.807) is 27.7 Å². The molecule has 0 saturated carbocycles. The van der Waals surface area contributed by atoms with Gasteiger partial charge in [-0.1, -0.05) is 72.8 Å². The molecule has 6 rings (SSSR count). The quantitative estimate of drug-likeness (QED) is 0.161. The molecule has 0 aromatic heterocycles. The number of rotatable bonds is 12. The second kappa shape index (κ2) is 16.3. The van der Waals surface area contributed by atoms with E-state index in [-0.39, 0.29) is 18.6 Å². The van der Waals surface area contributed by atoms with E-state index >= 15 is 0 Å². The molecule has 10 nitrogen and oxygen atoms in total. The number of hydrogen-bond acceptors (Lipinski definition) is 7. The van der Waals surface area contributed by atoms with Gasteiger partial charge in [0.2, 0.25) is 30.1 Å². The van der Waals surface area contributed by atoms with Crippen LogP contribution in [0.5, 0.6) is 0 Å². The van der Waals surface area contributed by atoms with Gasteiger partial charge >= 0.3 is 0 Å². The van der Waals surface area contributed by atoms with Crippen LogP contribution in [0.25, 0.3) is 22.3 Å². The standard InChI is InChI=1S/C20H26N2O4S2.C19H24N2O2S/c1-14(2)28(25,26)22-20-11-18-8-7-17(10-19(18)12-20)16-6-4-5-15(9-16)13-21-27(3,23)24;1-13(2)24(22,23)21-19-10-17-7-6-16(9-18(17)11-19)15-5-3-4-14(8-15)12-20/h4-10,14,20-22H,11-13H2,1-3H3;3-9,13,19,21H,10-12,20H2,1-2H3. The molecule has 4 aromatic rings. The van der Waals surface area contributed by atoms with Gasteiger partial charge in [-0.2, -0.15) is 0 Å². The van der Waals surface area contributed by atoms with Crippen LogP contribution in [-0.2, 0) is 68.8 Å². The van der Waals surface area contributed by atoms with Crippen LogP contribution in [0.2, 0.25) is 0 Å². The molecule has 0 amide bonds. The van der Waals surface area contributed by atoms with E-state index in [0.717, 1.165) is 63.6 Å². The second-order valence-corrected chi connectivity index (χ2v) is 20.7. The molecule has 0 radical (unpaired) electrons. The molecule has 2 atom stereocenters. The predicted octanol–water partition coefficient (Wildman–Crippen LogP) is 4.81. The van der Waals surface area contributed by atoms with Gasteiger partial charge in [0, 0.05) is 25.2 Å². The number of nitrogens with two attached hydrogens (primary N) is 1. The highest BCUT2D eigenvalue weighted by Crippen LogP contribution is 2.31. The van der Waals surface area contributed by atoms with E-state index in [1.807, 2.05) is 42.5 Å². The van der Waals surface area contributed by atoms with Crippen molar-refractivity contribution >= 4 is 30.1 Å². The molecule has 13 heteroatoms. The minimum Gasteiger partial charge on any atom is -0.326 e. The van der Waals surface area contributed by atoms with Gasteiger partial charge < -0.3 is 5.73 Å². The summed E-state index contributed by atoms with van der Waals surface area (Å²) in [6.45, 7) is 7.52. The Morgan fingerprint density at radius 2 is 0.981 bits per heavy atom. The van der Waals surface area contributed by atoms with Crippen molar-refractivity contribution in [1.82, 2.24) is 14.2 Å². The van der Waals surface area contributed by atoms with E-state index in [1.165, 1.54) is 11.1 Å². The maximum Gasteiger partial charge on any atom is 0.214 e. The molecule has 5 N–H and O–H groups in total. The summed E-state index contributed by atoms with van der Waals surface area (Å²) in [5.74, 6) is 0. The van der Waals surface area contributed by atoms with E-state index in [9.17, 15) is 25.3 Å². The zero-order valence-corrected chi connectivity index (χ0v) is 32.8. The lowest BCUT2D eigenvalue weighted by molar-refractivity contribution is 0.546. The second-order valence-electron chi connectivity index (χ2n) is 14.3. The van der Waals surface area contributed by atoms with E-state index < -0.39 is 40.6 Å². The maximum atomic E-state index is 12.1. The Balaban J connectivity index is 0.000000203. The topological polar surface area (TPSA) is 165 Å². The SMILES string of the molecule is CC(C)S(=O)(=O)NC1Cc2ccc(-c3cccc(CN)c3)cc2C1.CC(C)S(=O)(=O)NC1Cc2ccc(-c3cccc(CNS(C)(=O)=O)c3)cc2C1. The molecular formula is C39H50N4O6S3. The van der Waals surface area contributed by atoms with Gasteiger partial charge in [-0.3, -0.25) is 0 Å². The van der Waals surface area contributed by atoms with Gasteiger partial charge in [0.25, 0.3) is 0 Å². The number of benzene rings is 4. The van der Waals surface area contributed by atoms with Crippen LogP contribution in [-0.4, -0.2) is 54.1 Å². The van der Waals surface area contributed by atoms with E-state index in [4.69, 9.17) is 5.73 Å². The highest BCUT2D eigenvalue weighted by atomic mass is 32.2. The maximum absolute atomic E-state index is 12.1. The zero-order valence-electron chi connectivity index (χ0n) is 30.4. The van der Waals surface area contributed by atoms with Gasteiger partial charge in [-0.25, -0.2) is 39.4 Å². The predicted molar refractivity (Wildman–Crippen MR) is 210 cm³/mol. The molecule has 2 aliphatic carbocycles. The molecule has 0 spiro atoms. The first kappa shape index (κ1) is 39.8. The first-order valence-electron chi connectivity index (χ1n) is 17.5. The third-order valence-corrected chi connectivity index (χ3v) is 14.0. The van der Waals surface area contributed by atoms with Crippen LogP contribution in [0.3, 0.4) is 0 Å². The number of fused-ring (bicyclic) bond motifs is 2. The zero-order chi connectivity index (χ0) is 37.8. The summed E-state index contributed by atoms with van der Waals surface area (Å²) in [5, 5.41) is -0.856. The van der Waals surface area contributed by atoms with Crippen molar-refractivity contribution in [3.8, 4) is 22.3 Å². The third kappa shape index (κ3) is 10.4. The smallest absolute Gasteiger partial charge is 0.214 e. The Morgan fingerprint density at radius 3 is 1.40 bits per heavy atom. The molecule has 0 bridgehead atoms. The van der Waals surface area contributed by atoms with Gasteiger partial charge in [0.1, 0.15) is 0 Å². The van der Waals surface area contributed by atoms with Crippen molar-refractivity contribution in [2.24, 2.45) is 5.73 Å². The molecule has 0 aliphatic heterocycles. The molecular weight excluding hydrogens is 717 g/mol. The van der Waals surface area contributed by atoms with Crippen LogP contribution >= 0.6 is 0 Å². The molecule has 0 fully saturated rings. The van der Waals surface area contributed by atoms with Gasteiger partial charge in [-0.05, 0) is 121 Å². The monoisotopic (exact) mass is 766 g/mol. The highest BCUT2D eigenvalue weighted by molar-refractivity contribution is 7.90. The Kier molecular flexibility index (Phi) is 12.5. The number of sulfonamides is 3. The fourth-order valence-electron chi connectivity index (χ4n) is 6.45. The van der Waals surface area contributed by atoms with Crippen molar-refractivity contribution < 1.29 is 25.3 Å². The van der Waals surface area contributed by atoms with Crippen LogP contribution in [0.4, 0.5) is 0 Å². The Morgan fingerprint density at radius 1 is 0.577 bits per heavy atom. The molecule has 0 saturated heterocycles. The highest BCUT2D eigenvalue weighted by Gasteiger charge is 2.28.